The van der Waals surface area contributed by atoms with Crippen LogP contribution in [0.5, 0.6) is 0 Å². The molecule has 45 heavy (non-hydrogen) atoms. The van der Waals surface area contributed by atoms with E-state index in [9.17, 15) is 20.1 Å². The molecular weight excluding hydrogens is 558 g/mol. The van der Waals surface area contributed by atoms with E-state index in [1.807, 2.05) is 6.08 Å². The second-order valence-corrected chi connectivity index (χ2v) is 13.5. The van der Waals surface area contributed by atoms with E-state index in [2.05, 4.69) is 31.3 Å². The second kappa shape index (κ2) is 35.7. The average Bonchev–Trinajstić information content (AvgIpc) is 3.03. The number of rotatable bonds is 35. The number of aliphatic hydroxyl groups is 3. The predicted molar refractivity (Wildman–Crippen MR) is 195 cm³/mol. The van der Waals surface area contributed by atoms with Crippen LogP contribution >= 0.6 is 0 Å². The maximum Gasteiger partial charge on any atom is 0.222 e. The normalized spacial score (nSPS) is 14.0. The highest BCUT2D eigenvalue weighted by Crippen LogP contribution is 2.16. The summed E-state index contributed by atoms with van der Waals surface area (Å²) in [4.78, 5) is 12.4. The number of hydrogen-bond donors (Lipinski definition) is 4. The Kier molecular flexibility index (Phi) is 34.8. The first-order valence-electron chi connectivity index (χ1n) is 19.6. The highest BCUT2D eigenvalue weighted by molar-refractivity contribution is 5.76. The summed E-state index contributed by atoms with van der Waals surface area (Å²) in [7, 11) is 0. The standard InChI is InChI=1S/C40H77NO4/c1-3-5-7-9-11-13-15-16-17-18-19-20-21-22-23-24-25-27-29-31-33-37(43)35-40(45)41-38(36-42)39(44)34-32-30-28-26-14-12-10-8-6-4-2/h14,26,32,34,37-39,42-44H,3-13,15-25,27-31,33,35-36H2,1-2H3,(H,41,45)/b26-14+,34-32+. The Balaban J connectivity index is 3.64. The molecule has 4 N–H and O–H groups in total. The summed E-state index contributed by atoms with van der Waals surface area (Å²) in [6, 6.07) is -0.755. The third kappa shape index (κ3) is 32.6. The van der Waals surface area contributed by atoms with Crippen LogP contribution < -0.4 is 5.32 Å². The van der Waals surface area contributed by atoms with E-state index in [-0.39, 0.29) is 18.9 Å². The van der Waals surface area contributed by atoms with Crippen LogP contribution in [0.25, 0.3) is 0 Å². The van der Waals surface area contributed by atoms with Gasteiger partial charge in [-0.3, -0.25) is 4.79 Å². The van der Waals surface area contributed by atoms with E-state index in [1.165, 1.54) is 141 Å². The molecule has 0 aliphatic carbocycles. The predicted octanol–water partition coefficient (Wildman–Crippen LogP) is 10.7. The Bertz CT molecular complexity index is 665. The first kappa shape index (κ1) is 43.8. The lowest BCUT2D eigenvalue weighted by atomic mass is 10.0. The van der Waals surface area contributed by atoms with Gasteiger partial charge in [0.1, 0.15) is 0 Å². The molecule has 0 aliphatic heterocycles. The van der Waals surface area contributed by atoms with E-state index in [1.54, 1.807) is 6.08 Å². The molecule has 0 aromatic heterocycles. The third-order valence-electron chi connectivity index (χ3n) is 8.99. The van der Waals surface area contributed by atoms with Crippen molar-refractivity contribution < 1.29 is 20.1 Å². The summed E-state index contributed by atoms with van der Waals surface area (Å²) in [5.41, 5.74) is 0. The molecule has 3 unspecified atom stereocenters. The molecule has 0 aromatic carbocycles. The largest absolute Gasteiger partial charge is 0.394 e. The number of unbranched alkanes of at least 4 members (excludes halogenated alkanes) is 24. The van der Waals surface area contributed by atoms with Crippen molar-refractivity contribution in [3.05, 3.63) is 24.3 Å². The highest BCUT2D eigenvalue weighted by Gasteiger charge is 2.20. The molecule has 0 aliphatic rings. The minimum atomic E-state index is -0.946. The summed E-state index contributed by atoms with van der Waals surface area (Å²) in [6.07, 6.45) is 41.8. The van der Waals surface area contributed by atoms with Gasteiger partial charge >= 0.3 is 0 Å². The third-order valence-corrected chi connectivity index (χ3v) is 8.99. The second-order valence-electron chi connectivity index (χ2n) is 13.5. The quantitative estimate of drug-likeness (QED) is 0.0412. The molecule has 0 rings (SSSR count). The smallest absolute Gasteiger partial charge is 0.222 e. The SMILES string of the molecule is CCCCCC/C=C/CC/C=C/C(O)C(CO)NC(=O)CC(O)CCCCCCCCCCCCCCCCCCCCCC. The van der Waals surface area contributed by atoms with Crippen LogP contribution in [0.3, 0.4) is 0 Å². The Labute approximate surface area is 280 Å². The zero-order valence-corrected chi connectivity index (χ0v) is 30.0. The zero-order chi connectivity index (χ0) is 33.1. The minimum absolute atomic E-state index is 0.00904. The van der Waals surface area contributed by atoms with Gasteiger partial charge in [0, 0.05) is 0 Å². The van der Waals surface area contributed by atoms with Gasteiger partial charge in [-0.25, -0.2) is 0 Å². The molecule has 0 bridgehead atoms. The molecule has 5 heteroatoms. The van der Waals surface area contributed by atoms with Crippen LogP contribution in [0.4, 0.5) is 0 Å². The Morgan fingerprint density at radius 3 is 1.42 bits per heavy atom. The fourth-order valence-electron chi connectivity index (χ4n) is 5.94. The molecule has 0 saturated carbocycles. The summed E-state index contributed by atoms with van der Waals surface area (Å²) in [5.74, 6) is -0.326. The summed E-state index contributed by atoms with van der Waals surface area (Å²) in [6.45, 7) is 4.16. The monoisotopic (exact) mass is 636 g/mol. The number of hydrogen-bond acceptors (Lipinski definition) is 4. The van der Waals surface area contributed by atoms with Crippen molar-refractivity contribution in [2.24, 2.45) is 0 Å². The van der Waals surface area contributed by atoms with Gasteiger partial charge in [0.2, 0.25) is 5.91 Å². The number of carbonyl (C=O) groups is 1. The molecular formula is C40H77NO4. The van der Waals surface area contributed by atoms with Crippen LogP contribution in [0.2, 0.25) is 0 Å². The van der Waals surface area contributed by atoms with E-state index in [4.69, 9.17) is 0 Å². The lowest BCUT2D eigenvalue weighted by Gasteiger charge is -2.21. The summed E-state index contributed by atoms with van der Waals surface area (Å²) in [5, 5.41) is 33.0. The van der Waals surface area contributed by atoms with Crippen molar-refractivity contribution in [2.45, 2.75) is 218 Å². The van der Waals surface area contributed by atoms with Crippen LogP contribution in [-0.2, 0) is 4.79 Å². The lowest BCUT2D eigenvalue weighted by Crippen LogP contribution is -2.45. The molecule has 5 nitrogen and oxygen atoms in total. The minimum Gasteiger partial charge on any atom is -0.394 e. The van der Waals surface area contributed by atoms with E-state index >= 15 is 0 Å². The van der Waals surface area contributed by atoms with Crippen LogP contribution in [-0.4, -0.2) is 46.1 Å². The molecule has 0 spiro atoms. The first-order chi connectivity index (χ1) is 22.0. The van der Waals surface area contributed by atoms with Gasteiger partial charge in [-0.1, -0.05) is 186 Å². The lowest BCUT2D eigenvalue weighted by molar-refractivity contribution is -0.124. The molecule has 0 saturated heterocycles. The molecule has 0 heterocycles. The topological polar surface area (TPSA) is 89.8 Å². The molecule has 3 atom stereocenters. The number of amides is 1. The van der Waals surface area contributed by atoms with Crippen molar-refractivity contribution in [1.82, 2.24) is 5.32 Å². The van der Waals surface area contributed by atoms with Gasteiger partial charge in [0.05, 0.1) is 31.3 Å². The Hall–Kier alpha value is -1.17. The molecule has 0 radical (unpaired) electrons. The van der Waals surface area contributed by atoms with Crippen molar-refractivity contribution in [3.63, 3.8) is 0 Å². The maximum absolute atomic E-state index is 12.4. The van der Waals surface area contributed by atoms with E-state index < -0.39 is 18.2 Å². The number of nitrogens with one attached hydrogen (secondary N) is 1. The average molecular weight is 636 g/mol. The van der Waals surface area contributed by atoms with Crippen LogP contribution in [0.15, 0.2) is 24.3 Å². The highest BCUT2D eigenvalue weighted by atomic mass is 16.3. The van der Waals surface area contributed by atoms with Crippen LogP contribution in [0.1, 0.15) is 200 Å². The van der Waals surface area contributed by atoms with Gasteiger partial charge in [-0.05, 0) is 32.1 Å². The number of allylic oxidation sites excluding steroid dienone is 3. The Morgan fingerprint density at radius 2 is 0.956 bits per heavy atom. The van der Waals surface area contributed by atoms with Gasteiger partial charge in [0.25, 0.3) is 0 Å². The van der Waals surface area contributed by atoms with Crippen molar-refractivity contribution in [2.75, 3.05) is 6.61 Å². The fourth-order valence-corrected chi connectivity index (χ4v) is 5.94. The van der Waals surface area contributed by atoms with Gasteiger partial charge < -0.3 is 20.6 Å². The fraction of sp³-hybridized carbons (Fsp3) is 0.875. The van der Waals surface area contributed by atoms with E-state index in [0.717, 1.165) is 32.1 Å². The summed E-state index contributed by atoms with van der Waals surface area (Å²) >= 11 is 0. The van der Waals surface area contributed by atoms with Gasteiger partial charge in [-0.15, -0.1) is 0 Å². The number of aliphatic hydroxyl groups excluding tert-OH is 3. The molecule has 1 amide bonds. The van der Waals surface area contributed by atoms with Crippen molar-refractivity contribution in [1.29, 1.82) is 0 Å². The van der Waals surface area contributed by atoms with E-state index in [0.29, 0.717) is 6.42 Å². The molecule has 0 fully saturated rings. The molecule has 266 valence electrons. The number of carbonyl (C=O) groups excluding carboxylic acids is 1. The zero-order valence-electron chi connectivity index (χ0n) is 30.0. The van der Waals surface area contributed by atoms with Gasteiger partial charge in [0.15, 0.2) is 0 Å². The summed E-state index contributed by atoms with van der Waals surface area (Å²) < 4.78 is 0. The van der Waals surface area contributed by atoms with Crippen molar-refractivity contribution >= 4 is 5.91 Å². The molecule has 0 aromatic rings. The van der Waals surface area contributed by atoms with Crippen LogP contribution in [0, 0.1) is 0 Å². The maximum atomic E-state index is 12.4. The van der Waals surface area contributed by atoms with Gasteiger partial charge in [-0.2, -0.15) is 0 Å². The Morgan fingerprint density at radius 1 is 0.556 bits per heavy atom. The van der Waals surface area contributed by atoms with Crippen molar-refractivity contribution in [3.8, 4) is 0 Å². The first-order valence-corrected chi connectivity index (χ1v) is 19.6.